The highest BCUT2D eigenvalue weighted by Crippen LogP contribution is 2.49. The van der Waals surface area contributed by atoms with E-state index >= 15 is 0 Å². The first-order chi connectivity index (χ1) is 5.81. The zero-order valence-electron chi connectivity index (χ0n) is 7.70. The van der Waals surface area contributed by atoms with E-state index in [1.54, 1.807) is 0 Å². The van der Waals surface area contributed by atoms with Gasteiger partial charge in [0.1, 0.15) is 0 Å². The van der Waals surface area contributed by atoms with Crippen LogP contribution in [0.1, 0.15) is 26.2 Å². The molecule has 2 aliphatic rings. The molecule has 0 heterocycles. The van der Waals surface area contributed by atoms with Gasteiger partial charge in [-0.25, -0.2) is 0 Å². The van der Waals surface area contributed by atoms with Crippen molar-refractivity contribution in [2.75, 3.05) is 13.2 Å². The van der Waals surface area contributed by atoms with Crippen molar-refractivity contribution in [3.8, 4) is 0 Å². The minimum atomic E-state index is 0.170. The zero-order valence-corrected chi connectivity index (χ0v) is 7.70. The first kappa shape index (κ1) is 8.52. The molecule has 1 N–H and O–H groups in total. The Labute approximate surface area is 73.9 Å². The average Bonchev–Trinajstić information content (AvgIpc) is 2.58. The quantitative estimate of drug-likeness (QED) is 0.694. The van der Waals surface area contributed by atoms with Gasteiger partial charge in [-0.3, -0.25) is 0 Å². The largest absolute Gasteiger partial charge is 0.394 e. The van der Waals surface area contributed by atoms with E-state index in [0.717, 1.165) is 17.8 Å². The normalized spacial score (nSPS) is 45.5. The summed E-state index contributed by atoms with van der Waals surface area (Å²) in [6.45, 7) is 3.05. The second-order valence-corrected chi connectivity index (χ2v) is 4.34. The highest BCUT2D eigenvalue weighted by Gasteiger charge is 2.44. The van der Waals surface area contributed by atoms with Crippen molar-refractivity contribution < 1.29 is 9.84 Å². The van der Waals surface area contributed by atoms with E-state index in [1.165, 1.54) is 19.3 Å². The molecule has 0 aliphatic heterocycles. The van der Waals surface area contributed by atoms with Crippen LogP contribution in [0.25, 0.3) is 0 Å². The first-order valence-corrected chi connectivity index (χ1v) is 5.03. The maximum Gasteiger partial charge on any atom is 0.0701 e. The van der Waals surface area contributed by atoms with Gasteiger partial charge in [0.15, 0.2) is 0 Å². The van der Waals surface area contributed by atoms with Gasteiger partial charge in [-0.15, -0.1) is 0 Å². The zero-order chi connectivity index (χ0) is 8.55. The Bertz CT molecular complexity index is 156. The second kappa shape index (κ2) is 3.35. The van der Waals surface area contributed by atoms with E-state index in [4.69, 9.17) is 9.84 Å². The van der Waals surface area contributed by atoms with Crippen molar-refractivity contribution in [1.29, 1.82) is 0 Å². The van der Waals surface area contributed by atoms with Crippen LogP contribution in [-0.4, -0.2) is 24.4 Å². The van der Waals surface area contributed by atoms with Crippen LogP contribution in [0.5, 0.6) is 0 Å². The number of aliphatic hydroxyl groups excluding tert-OH is 1. The van der Waals surface area contributed by atoms with Crippen LogP contribution in [-0.2, 0) is 4.74 Å². The number of hydrogen-bond acceptors (Lipinski definition) is 2. The van der Waals surface area contributed by atoms with Crippen molar-refractivity contribution in [2.45, 2.75) is 32.3 Å². The Morgan fingerprint density at radius 1 is 1.25 bits per heavy atom. The molecule has 2 saturated carbocycles. The third kappa shape index (κ3) is 1.38. The molecule has 4 atom stereocenters. The van der Waals surface area contributed by atoms with Crippen LogP contribution in [0.15, 0.2) is 0 Å². The lowest BCUT2D eigenvalue weighted by Gasteiger charge is -2.25. The van der Waals surface area contributed by atoms with Gasteiger partial charge in [0.25, 0.3) is 0 Å². The highest BCUT2D eigenvalue weighted by atomic mass is 16.5. The van der Waals surface area contributed by atoms with Crippen LogP contribution < -0.4 is 0 Å². The molecule has 70 valence electrons. The predicted molar refractivity (Wildman–Crippen MR) is 46.8 cm³/mol. The van der Waals surface area contributed by atoms with E-state index in [0.29, 0.717) is 12.7 Å². The van der Waals surface area contributed by atoms with E-state index in [-0.39, 0.29) is 6.61 Å². The summed E-state index contributed by atoms with van der Waals surface area (Å²) in [5.74, 6) is 2.64. The van der Waals surface area contributed by atoms with Gasteiger partial charge in [0, 0.05) is 0 Å². The van der Waals surface area contributed by atoms with Crippen molar-refractivity contribution in [1.82, 2.24) is 0 Å². The molecule has 2 heteroatoms. The minimum Gasteiger partial charge on any atom is -0.394 e. The van der Waals surface area contributed by atoms with Gasteiger partial charge in [0.2, 0.25) is 0 Å². The molecular weight excluding hydrogens is 152 g/mol. The molecule has 2 nitrogen and oxygen atoms in total. The average molecular weight is 170 g/mol. The Hall–Kier alpha value is -0.0800. The lowest BCUT2D eigenvalue weighted by atomic mass is 9.89. The maximum absolute atomic E-state index is 8.62. The van der Waals surface area contributed by atoms with Crippen LogP contribution in [0, 0.1) is 17.8 Å². The number of hydrogen-bond donors (Lipinski definition) is 1. The van der Waals surface area contributed by atoms with Crippen LogP contribution >= 0.6 is 0 Å². The van der Waals surface area contributed by atoms with Crippen molar-refractivity contribution in [3.63, 3.8) is 0 Å². The lowest BCUT2D eigenvalue weighted by Crippen LogP contribution is -2.24. The van der Waals surface area contributed by atoms with Gasteiger partial charge in [-0.1, -0.05) is 6.92 Å². The summed E-state index contributed by atoms with van der Waals surface area (Å²) < 4.78 is 5.58. The number of rotatable bonds is 3. The molecule has 12 heavy (non-hydrogen) atoms. The summed E-state index contributed by atoms with van der Waals surface area (Å²) in [4.78, 5) is 0. The summed E-state index contributed by atoms with van der Waals surface area (Å²) >= 11 is 0. The molecule has 4 unspecified atom stereocenters. The van der Waals surface area contributed by atoms with E-state index in [2.05, 4.69) is 6.92 Å². The van der Waals surface area contributed by atoms with Gasteiger partial charge in [-0.2, -0.15) is 0 Å². The Morgan fingerprint density at radius 2 is 2.08 bits per heavy atom. The molecular formula is C10H18O2. The molecule has 0 aromatic carbocycles. The SMILES string of the molecule is CC1CC2CC1CC2OCCO. The molecule has 2 bridgehead atoms. The number of ether oxygens (including phenoxy) is 1. The fraction of sp³-hybridized carbons (Fsp3) is 1.00. The molecule has 0 aromatic heterocycles. The monoisotopic (exact) mass is 170 g/mol. The molecule has 0 saturated heterocycles. The summed E-state index contributed by atoms with van der Waals surface area (Å²) in [5.41, 5.74) is 0. The van der Waals surface area contributed by atoms with Crippen LogP contribution in [0.3, 0.4) is 0 Å². The number of aliphatic hydroxyl groups is 1. The van der Waals surface area contributed by atoms with Gasteiger partial charge in [-0.05, 0) is 37.0 Å². The smallest absolute Gasteiger partial charge is 0.0701 e. The molecule has 0 radical (unpaired) electrons. The Morgan fingerprint density at radius 3 is 2.58 bits per heavy atom. The maximum atomic E-state index is 8.62. The third-order valence-electron chi connectivity index (χ3n) is 3.57. The van der Waals surface area contributed by atoms with Crippen molar-refractivity contribution in [3.05, 3.63) is 0 Å². The Kier molecular flexibility index (Phi) is 2.37. The van der Waals surface area contributed by atoms with Gasteiger partial charge >= 0.3 is 0 Å². The summed E-state index contributed by atoms with van der Waals surface area (Å²) in [7, 11) is 0. The Balaban J connectivity index is 1.82. The van der Waals surface area contributed by atoms with E-state index in [9.17, 15) is 0 Å². The van der Waals surface area contributed by atoms with Gasteiger partial charge < -0.3 is 9.84 Å². The molecule has 2 rings (SSSR count). The topological polar surface area (TPSA) is 29.5 Å². The van der Waals surface area contributed by atoms with Crippen LogP contribution in [0.4, 0.5) is 0 Å². The van der Waals surface area contributed by atoms with Crippen molar-refractivity contribution in [2.24, 2.45) is 17.8 Å². The fourth-order valence-electron chi connectivity index (χ4n) is 2.92. The fourth-order valence-corrected chi connectivity index (χ4v) is 2.92. The molecule has 2 aliphatic carbocycles. The summed E-state index contributed by atoms with van der Waals surface area (Å²) in [6, 6.07) is 0. The first-order valence-electron chi connectivity index (χ1n) is 5.03. The van der Waals surface area contributed by atoms with Crippen LogP contribution in [0.2, 0.25) is 0 Å². The van der Waals surface area contributed by atoms with Crippen molar-refractivity contribution >= 4 is 0 Å². The second-order valence-electron chi connectivity index (χ2n) is 4.34. The highest BCUT2D eigenvalue weighted by molar-refractivity contribution is 4.94. The predicted octanol–water partition coefficient (Wildman–Crippen LogP) is 1.43. The van der Waals surface area contributed by atoms with Gasteiger partial charge in [0.05, 0.1) is 19.3 Å². The summed E-state index contributed by atoms with van der Waals surface area (Å²) in [5, 5.41) is 8.62. The molecule has 0 spiro atoms. The lowest BCUT2D eigenvalue weighted by molar-refractivity contribution is -0.00744. The molecule has 0 amide bonds. The standard InChI is InChI=1S/C10H18O2/c1-7-4-9-5-8(7)6-10(9)12-3-2-11/h7-11H,2-6H2,1H3. The van der Waals surface area contributed by atoms with E-state index < -0.39 is 0 Å². The molecule has 0 aromatic rings. The number of fused-ring (bicyclic) bond motifs is 2. The minimum absolute atomic E-state index is 0.170. The summed E-state index contributed by atoms with van der Waals surface area (Å²) in [6.07, 6.45) is 4.43. The van der Waals surface area contributed by atoms with E-state index in [1.807, 2.05) is 0 Å². The molecule has 2 fully saturated rings. The third-order valence-corrected chi connectivity index (χ3v) is 3.57.